The number of benzene rings is 2. The fourth-order valence-corrected chi connectivity index (χ4v) is 3.99. The molecule has 0 unspecified atom stereocenters. The van der Waals surface area contributed by atoms with Gasteiger partial charge in [-0.1, -0.05) is 30.7 Å². The van der Waals surface area contributed by atoms with E-state index in [2.05, 4.69) is 5.32 Å². The molecule has 8 heteroatoms. The number of fused-ring (bicyclic) bond motifs is 1. The summed E-state index contributed by atoms with van der Waals surface area (Å²) in [6, 6.07) is 9.49. The fourth-order valence-electron chi connectivity index (χ4n) is 3.99. The summed E-state index contributed by atoms with van der Waals surface area (Å²) in [6.07, 6.45) is 3.28. The van der Waals surface area contributed by atoms with Gasteiger partial charge in [0, 0.05) is 17.5 Å². The maximum Gasteiger partial charge on any atom is 0.258 e. The first-order valence-corrected chi connectivity index (χ1v) is 10.6. The molecule has 0 aromatic heterocycles. The van der Waals surface area contributed by atoms with Gasteiger partial charge in [-0.25, -0.2) is 0 Å². The summed E-state index contributed by atoms with van der Waals surface area (Å²) in [6.45, 7) is 1.01. The largest absolute Gasteiger partial charge is 0.496 e. The van der Waals surface area contributed by atoms with Crippen molar-refractivity contribution >= 4 is 28.5 Å². The van der Waals surface area contributed by atoms with E-state index >= 15 is 0 Å². The molecule has 1 aliphatic rings. The highest BCUT2D eigenvalue weighted by Crippen LogP contribution is 2.27. The van der Waals surface area contributed by atoms with Gasteiger partial charge < -0.3 is 21.1 Å². The zero-order valence-corrected chi connectivity index (χ0v) is 17.8. The van der Waals surface area contributed by atoms with Crippen LogP contribution in [-0.4, -0.2) is 54.9 Å². The minimum Gasteiger partial charge on any atom is -0.496 e. The molecule has 1 fully saturated rings. The van der Waals surface area contributed by atoms with E-state index in [0.717, 1.165) is 23.6 Å². The average Bonchev–Trinajstić information content (AvgIpc) is 3.27. The molecular formula is C23H30N4O4. The van der Waals surface area contributed by atoms with E-state index in [1.54, 1.807) is 12.1 Å². The summed E-state index contributed by atoms with van der Waals surface area (Å²) in [4.78, 5) is 39.8. The number of carbonyl (C=O) groups is 3. The molecule has 2 aromatic carbocycles. The first-order chi connectivity index (χ1) is 15.0. The third kappa shape index (κ3) is 5.21. The molecule has 3 amide bonds. The van der Waals surface area contributed by atoms with Gasteiger partial charge in [0.1, 0.15) is 11.8 Å². The summed E-state index contributed by atoms with van der Waals surface area (Å²) < 4.78 is 5.40. The highest BCUT2D eigenvalue weighted by molar-refractivity contribution is 6.09. The van der Waals surface area contributed by atoms with Gasteiger partial charge in [0.15, 0.2) is 0 Å². The third-order valence-electron chi connectivity index (χ3n) is 5.67. The molecule has 2 aromatic rings. The standard InChI is InChI=1S/C23H30N4O4/c1-31-20-14-16(13-15-7-2-3-8-17(15)20)21(28)26-22(29)19-10-6-12-27(19)23(30)18(25)9-4-5-11-24/h2-3,7-8,13-14,18-19H,4-6,9-12,24-25H2,1H3,(H,26,28,29)/t18-,19-/m0/s1. The second-order valence-electron chi connectivity index (χ2n) is 7.80. The molecule has 0 bridgehead atoms. The number of unbranched alkanes of at least 4 members (excludes halogenated alkanes) is 1. The minimum atomic E-state index is -0.695. The predicted octanol–water partition coefficient (Wildman–Crippen LogP) is 1.55. The van der Waals surface area contributed by atoms with E-state index in [4.69, 9.17) is 16.2 Å². The normalized spacial score (nSPS) is 16.9. The number of imide groups is 1. The van der Waals surface area contributed by atoms with E-state index in [1.807, 2.05) is 24.3 Å². The maximum absolute atomic E-state index is 12.8. The van der Waals surface area contributed by atoms with Crippen molar-refractivity contribution in [2.75, 3.05) is 20.2 Å². The van der Waals surface area contributed by atoms with Gasteiger partial charge in [-0.15, -0.1) is 0 Å². The molecule has 1 saturated heterocycles. The molecule has 1 aliphatic heterocycles. The van der Waals surface area contributed by atoms with E-state index in [-0.39, 0.29) is 5.91 Å². The Kier molecular flexibility index (Phi) is 7.59. The SMILES string of the molecule is COc1cc(C(=O)NC(=O)[C@@H]2CCCN2C(=O)[C@@H](N)CCCCN)cc2ccccc12. The lowest BCUT2D eigenvalue weighted by Gasteiger charge is -2.26. The predicted molar refractivity (Wildman–Crippen MR) is 119 cm³/mol. The Bertz CT molecular complexity index is 962. The van der Waals surface area contributed by atoms with Gasteiger partial charge in [0.25, 0.3) is 5.91 Å². The number of carbonyl (C=O) groups excluding carboxylic acids is 3. The van der Waals surface area contributed by atoms with Crippen molar-refractivity contribution in [3.63, 3.8) is 0 Å². The number of ether oxygens (including phenoxy) is 1. The van der Waals surface area contributed by atoms with Crippen molar-refractivity contribution in [1.29, 1.82) is 0 Å². The third-order valence-corrected chi connectivity index (χ3v) is 5.67. The van der Waals surface area contributed by atoms with Crippen LogP contribution in [-0.2, 0) is 9.59 Å². The summed E-state index contributed by atoms with van der Waals surface area (Å²) in [5.74, 6) is -0.718. The van der Waals surface area contributed by atoms with Crippen LogP contribution in [0.4, 0.5) is 0 Å². The van der Waals surface area contributed by atoms with Crippen molar-refractivity contribution in [2.24, 2.45) is 11.5 Å². The van der Waals surface area contributed by atoms with Gasteiger partial charge in [0.05, 0.1) is 13.2 Å². The Balaban J connectivity index is 1.69. The zero-order chi connectivity index (χ0) is 22.4. The van der Waals surface area contributed by atoms with E-state index < -0.39 is 23.9 Å². The molecule has 0 spiro atoms. The number of likely N-dealkylation sites (tertiary alicyclic amines) is 1. The second-order valence-corrected chi connectivity index (χ2v) is 7.80. The van der Waals surface area contributed by atoms with Crippen LogP contribution >= 0.6 is 0 Å². The van der Waals surface area contributed by atoms with Gasteiger partial charge in [-0.2, -0.15) is 0 Å². The molecule has 3 rings (SSSR count). The monoisotopic (exact) mass is 426 g/mol. The molecule has 5 N–H and O–H groups in total. The molecule has 0 radical (unpaired) electrons. The molecule has 0 aliphatic carbocycles. The van der Waals surface area contributed by atoms with Crippen LogP contribution in [0.2, 0.25) is 0 Å². The summed E-state index contributed by atoms with van der Waals surface area (Å²) >= 11 is 0. The number of amides is 3. The molecule has 0 saturated carbocycles. The lowest BCUT2D eigenvalue weighted by Crippen LogP contribution is -2.52. The Morgan fingerprint density at radius 3 is 2.74 bits per heavy atom. The first-order valence-electron chi connectivity index (χ1n) is 10.6. The molecule has 31 heavy (non-hydrogen) atoms. The van der Waals surface area contributed by atoms with E-state index in [0.29, 0.717) is 43.7 Å². The zero-order valence-electron chi connectivity index (χ0n) is 17.8. The Morgan fingerprint density at radius 1 is 1.23 bits per heavy atom. The summed E-state index contributed by atoms with van der Waals surface area (Å²) in [7, 11) is 1.54. The lowest BCUT2D eigenvalue weighted by atomic mass is 10.0. The minimum absolute atomic E-state index is 0.255. The van der Waals surface area contributed by atoms with Crippen LogP contribution in [0.15, 0.2) is 36.4 Å². The number of nitrogens with zero attached hydrogens (tertiary/aromatic N) is 1. The highest BCUT2D eigenvalue weighted by Gasteiger charge is 2.36. The van der Waals surface area contributed by atoms with Crippen LogP contribution in [0.3, 0.4) is 0 Å². The van der Waals surface area contributed by atoms with E-state index in [9.17, 15) is 14.4 Å². The van der Waals surface area contributed by atoms with E-state index in [1.165, 1.54) is 12.0 Å². The fraction of sp³-hybridized carbons (Fsp3) is 0.435. The number of methoxy groups -OCH3 is 1. The van der Waals surface area contributed by atoms with Gasteiger partial charge in [-0.05, 0) is 49.7 Å². The first kappa shape index (κ1) is 22.7. The topological polar surface area (TPSA) is 128 Å². The van der Waals surface area contributed by atoms with Gasteiger partial charge >= 0.3 is 0 Å². The van der Waals surface area contributed by atoms with Crippen molar-refractivity contribution in [2.45, 2.75) is 44.2 Å². The van der Waals surface area contributed by atoms with Crippen LogP contribution in [0.1, 0.15) is 42.5 Å². The van der Waals surface area contributed by atoms with Crippen molar-refractivity contribution in [3.8, 4) is 5.75 Å². The van der Waals surface area contributed by atoms with Crippen molar-refractivity contribution < 1.29 is 19.1 Å². The number of nitrogens with two attached hydrogens (primary N) is 2. The summed E-state index contributed by atoms with van der Waals surface area (Å²) in [5.41, 5.74) is 11.8. The van der Waals surface area contributed by atoms with Crippen molar-refractivity contribution in [1.82, 2.24) is 10.2 Å². The van der Waals surface area contributed by atoms with Gasteiger partial charge in [0.2, 0.25) is 11.8 Å². The Morgan fingerprint density at radius 2 is 2.00 bits per heavy atom. The quantitative estimate of drug-likeness (QED) is 0.434. The second kappa shape index (κ2) is 10.4. The number of hydrogen-bond acceptors (Lipinski definition) is 6. The molecule has 2 atom stereocenters. The Labute approximate surface area is 181 Å². The molecule has 166 valence electrons. The van der Waals surface area contributed by atoms with Gasteiger partial charge in [-0.3, -0.25) is 19.7 Å². The average molecular weight is 427 g/mol. The maximum atomic E-state index is 12.8. The van der Waals surface area contributed by atoms with Crippen LogP contribution in [0, 0.1) is 0 Å². The number of rotatable bonds is 8. The smallest absolute Gasteiger partial charge is 0.258 e. The molecular weight excluding hydrogens is 396 g/mol. The van der Waals surface area contributed by atoms with Crippen LogP contribution in [0.25, 0.3) is 10.8 Å². The van der Waals surface area contributed by atoms with Crippen LogP contribution in [0.5, 0.6) is 5.75 Å². The number of nitrogens with one attached hydrogen (secondary N) is 1. The lowest BCUT2D eigenvalue weighted by molar-refractivity contribution is -0.139. The van der Waals surface area contributed by atoms with Crippen molar-refractivity contribution in [3.05, 3.63) is 42.0 Å². The molecule has 1 heterocycles. The highest BCUT2D eigenvalue weighted by atomic mass is 16.5. The van der Waals surface area contributed by atoms with Crippen LogP contribution < -0.4 is 21.5 Å². The Hall–Kier alpha value is -2.97. The summed E-state index contributed by atoms with van der Waals surface area (Å²) in [5, 5.41) is 4.16. The molecule has 8 nitrogen and oxygen atoms in total. The number of hydrogen-bond donors (Lipinski definition) is 3.